The molecule has 0 saturated carbocycles. The predicted octanol–water partition coefficient (Wildman–Crippen LogP) is 3.09. The fourth-order valence-corrected chi connectivity index (χ4v) is 2.29. The molecule has 1 rings (SSSR count). The minimum Gasteiger partial charge on any atom is -0.480 e. The van der Waals surface area contributed by atoms with Crippen molar-refractivity contribution in [1.82, 2.24) is 10.2 Å². The van der Waals surface area contributed by atoms with E-state index in [4.69, 9.17) is 0 Å². The third-order valence-corrected chi connectivity index (χ3v) is 4.24. The first-order valence-electron chi connectivity index (χ1n) is 6.84. The number of benzene rings is 1. The number of nitrogens with zero attached hydrogens (tertiary/aromatic N) is 1. The zero-order chi connectivity index (χ0) is 16.0. The number of carbonyl (C=O) groups is 2. The van der Waals surface area contributed by atoms with Crippen molar-refractivity contribution in [2.24, 2.45) is 5.92 Å². The summed E-state index contributed by atoms with van der Waals surface area (Å²) in [5.41, 5.74) is 0.963. The molecule has 0 bridgehead atoms. The van der Waals surface area contributed by atoms with Crippen molar-refractivity contribution in [3.05, 3.63) is 34.3 Å². The van der Waals surface area contributed by atoms with Crippen LogP contribution in [0.3, 0.4) is 0 Å². The molecule has 2 atom stereocenters. The molecule has 0 heterocycles. The van der Waals surface area contributed by atoms with Crippen molar-refractivity contribution in [2.45, 2.75) is 32.9 Å². The summed E-state index contributed by atoms with van der Waals surface area (Å²) >= 11 is 3.43. The number of carbonyl (C=O) groups excluding carboxylic acids is 1. The summed E-state index contributed by atoms with van der Waals surface area (Å²) < 4.78 is 0.918. The van der Waals surface area contributed by atoms with Gasteiger partial charge < -0.3 is 15.3 Å². The standard InChI is InChI=1S/C15H21BrN2O3/c1-4-10(2)13(14(19)20)17-15(21)18(3)9-11-7-5-6-8-12(11)16/h5-8,10,13H,4,9H2,1-3H3,(H,17,21)(H,19,20). The lowest BCUT2D eigenvalue weighted by molar-refractivity contribution is -0.140. The molecular weight excluding hydrogens is 336 g/mol. The third-order valence-electron chi connectivity index (χ3n) is 3.47. The second-order valence-corrected chi connectivity index (χ2v) is 5.95. The first-order chi connectivity index (χ1) is 9.86. The quantitative estimate of drug-likeness (QED) is 0.822. The SMILES string of the molecule is CCC(C)C(NC(=O)N(C)Cc1ccccc1Br)C(=O)O. The Kier molecular flexibility index (Phi) is 6.68. The summed E-state index contributed by atoms with van der Waals surface area (Å²) in [6.45, 7) is 4.12. The zero-order valence-electron chi connectivity index (χ0n) is 12.5. The average molecular weight is 357 g/mol. The van der Waals surface area contributed by atoms with Gasteiger partial charge in [0.1, 0.15) is 6.04 Å². The lowest BCUT2D eigenvalue weighted by atomic mass is 9.99. The number of urea groups is 1. The Labute approximate surface area is 133 Å². The van der Waals surface area contributed by atoms with Gasteiger partial charge in [0.25, 0.3) is 0 Å². The van der Waals surface area contributed by atoms with Gasteiger partial charge in [-0.3, -0.25) is 0 Å². The van der Waals surface area contributed by atoms with E-state index >= 15 is 0 Å². The van der Waals surface area contributed by atoms with Gasteiger partial charge >= 0.3 is 12.0 Å². The third kappa shape index (κ3) is 5.04. The van der Waals surface area contributed by atoms with Crippen molar-refractivity contribution in [3.8, 4) is 0 Å². The van der Waals surface area contributed by atoms with E-state index in [1.54, 1.807) is 7.05 Å². The van der Waals surface area contributed by atoms with Gasteiger partial charge in [-0.25, -0.2) is 9.59 Å². The summed E-state index contributed by atoms with van der Waals surface area (Å²) in [5.74, 6) is -1.13. The van der Waals surface area contributed by atoms with Crippen LogP contribution in [0.5, 0.6) is 0 Å². The molecule has 5 nitrogen and oxygen atoms in total. The van der Waals surface area contributed by atoms with Gasteiger partial charge in [0, 0.05) is 18.1 Å². The van der Waals surface area contributed by atoms with Crippen molar-refractivity contribution < 1.29 is 14.7 Å². The van der Waals surface area contributed by atoms with E-state index in [1.165, 1.54) is 4.90 Å². The second-order valence-electron chi connectivity index (χ2n) is 5.10. The van der Waals surface area contributed by atoms with E-state index in [1.807, 2.05) is 38.1 Å². The summed E-state index contributed by atoms with van der Waals surface area (Å²) in [5, 5.41) is 11.8. The van der Waals surface area contributed by atoms with Crippen LogP contribution in [0.4, 0.5) is 4.79 Å². The molecule has 0 radical (unpaired) electrons. The normalized spacial score (nSPS) is 13.3. The van der Waals surface area contributed by atoms with Crippen molar-refractivity contribution in [2.75, 3.05) is 7.05 Å². The number of hydrogen-bond donors (Lipinski definition) is 2. The van der Waals surface area contributed by atoms with Gasteiger partial charge in [0.15, 0.2) is 0 Å². The fraction of sp³-hybridized carbons (Fsp3) is 0.467. The van der Waals surface area contributed by atoms with Gasteiger partial charge in [-0.2, -0.15) is 0 Å². The first kappa shape index (κ1) is 17.5. The van der Waals surface area contributed by atoms with E-state index in [2.05, 4.69) is 21.2 Å². The topological polar surface area (TPSA) is 69.6 Å². The Morgan fingerprint density at radius 1 is 1.38 bits per heavy atom. The summed E-state index contributed by atoms with van der Waals surface area (Å²) in [4.78, 5) is 24.8. The van der Waals surface area contributed by atoms with Crippen LogP contribution in [0.2, 0.25) is 0 Å². The number of amides is 2. The molecule has 1 aromatic rings. The van der Waals surface area contributed by atoms with E-state index in [0.29, 0.717) is 13.0 Å². The van der Waals surface area contributed by atoms with Crippen molar-refractivity contribution in [3.63, 3.8) is 0 Å². The monoisotopic (exact) mass is 356 g/mol. The lowest BCUT2D eigenvalue weighted by Crippen LogP contribution is -2.49. The molecule has 0 spiro atoms. The molecule has 0 saturated heterocycles. The van der Waals surface area contributed by atoms with Crippen LogP contribution in [0.25, 0.3) is 0 Å². The first-order valence-corrected chi connectivity index (χ1v) is 7.64. The van der Waals surface area contributed by atoms with Crippen molar-refractivity contribution >= 4 is 27.9 Å². The van der Waals surface area contributed by atoms with E-state index in [0.717, 1.165) is 10.0 Å². The van der Waals surface area contributed by atoms with Gasteiger partial charge in [0.2, 0.25) is 0 Å². The Hall–Kier alpha value is -1.56. The molecule has 0 fully saturated rings. The number of nitrogens with one attached hydrogen (secondary N) is 1. The van der Waals surface area contributed by atoms with Crippen LogP contribution in [-0.4, -0.2) is 35.1 Å². The molecule has 2 unspecified atom stereocenters. The molecule has 0 aliphatic rings. The number of carboxylic acids is 1. The summed E-state index contributed by atoms with van der Waals surface area (Å²) in [6.07, 6.45) is 0.686. The molecule has 0 aliphatic heterocycles. The van der Waals surface area contributed by atoms with Crippen LogP contribution in [0.1, 0.15) is 25.8 Å². The highest BCUT2D eigenvalue weighted by molar-refractivity contribution is 9.10. The highest BCUT2D eigenvalue weighted by atomic mass is 79.9. The van der Waals surface area contributed by atoms with Crippen LogP contribution in [-0.2, 0) is 11.3 Å². The Balaban J connectivity index is 2.70. The number of hydrogen-bond acceptors (Lipinski definition) is 2. The number of rotatable bonds is 6. The van der Waals surface area contributed by atoms with Crippen LogP contribution < -0.4 is 5.32 Å². The summed E-state index contributed by atoms with van der Waals surface area (Å²) in [6, 6.07) is 6.35. The molecule has 6 heteroatoms. The number of halogens is 1. The number of carboxylic acid groups (broad SMARTS) is 1. The van der Waals surface area contributed by atoms with Crippen LogP contribution in [0, 0.1) is 5.92 Å². The molecule has 0 aromatic heterocycles. The molecule has 2 amide bonds. The molecular formula is C15H21BrN2O3. The lowest BCUT2D eigenvalue weighted by Gasteiger charge is -2.24. The Bertz CT molecular complexity index is 507. The second kappa shape index (κ2) is 8.02. The maximum absolute atomic E-state index is 12.1. The van der Waals surface area contributed by atoms with Gasteiger partial charge in [-0.15, -0.1) is 0 Å². The fourth-order valence-electron chi connectivity index (χ4n) is 1.88. The van der Waals surface area contributed by atoms with Crippen molar-refractivity contribution in [1.29, 1.82) is 0 Å². The molecule has 116 valence electrons. The van der Waals surface area contributed by atoms with E-state index in [-0.39, 0.29) is 5.92 Å². The van der Waals surface area contributed by atoms with Gasteiger partial charge in [-0.05, 0) is 17.5 Å². The number of aliphatic carboxylic acids is 1. The largest absolute Gasteiger partial charge is 0.480 e. The molecule has 2 N–H and O–H groups in total. The van der Waals surface area contributed by atoms with E-state index < -0.39 is 18.0 Å². The Morgan fingerprint density at radius 2 is 2.00 bits per heavy atom. The van der Waals surface area contributed by atoms with Crippen LogP contribution >= 0.6 is 15.9 Å². The molecule has 1 aromatic carbocycles. The highest BCUT2D eigenvalue weighted by Gasteiger charge is 2.26. The minimum absolute atomic E-state index is 0.122. The zero-order valence-corrected chi connectivity index (χ0v) is 14.1. The average Bonchev–Trinajstić information content (AvgIpc) is 2.45. The van der Waals surface area contributed by atoms with E-state index in [9.17, 15) is 14.7 Å². The van der Waals surface area contributed by atoms with Gasteiger partial charge in [-0.1, -0.05) is 54.4 Å². The maximum Gasteiger partial charge on any atom is 0.326 e. The van der Waals surface area contributed by atoms with Gasteiger partial charge in [0.05, 0.1) is 0 Å². The minimum atomic E-state index is -1.01. The Morgan fingerprint density at radius 3 is 2.52 bits per heavy atom. The molecule has 21 heavy (non-hydrogen) atoms. The summed E-state index contributed by atoms with van der Waals surface area (Å²) in [7, 11) is 1.64. The smallest absolute Gasteiger partial charge is 0.326 e. The molecule has 0 aliphatic carbocycles. The maximum atomic E-state index is 12.1. The van der Waals surface area contributed by atoms with Crippen LogP contribution in [0.15, 0.2) is 28.7 Å². The highest BCUT2D eigenvalue weighted by Crippen LogP contribution is 2.17. The predicted molar refractivity (Wildman–Crippen MR) is 85.0 cm³/mol.